The van der Waals surface area contributed by atoms with Gasteiger partial charge in [-0.1, -0.05) is 115 Å². The number of rotatable bonds is 3. The third kappa shape index (κ3) is 3.71. The number of para-hydroxylation sites is 3. The Hall–Kier alpha value is -5.58. The predicted molar refractivity (Wildman–Crippen MR) is 197 cm³/mol. The van der Waals surface area contributed by atoms with Crippen LogP contribution >= 0.6 is 11.3 Å². The van der Waals surface area contributed by atoms with Crippen molar-refractivity contribution >= 4 is 75.5 Å². The molecule has 1 aliphatic rings. The molecule has 46 heavy (non-hydrogen) atoms. The number of benzene rings is 7. The van der Waals surface area contributed by atoms with Crippen LogP contribution in [-0.2, 0) is 0 Å². The molecule has 2 unspecified atom stereocenters. The Morgan fingerprint density at radius 3 is 1.72 bits per heavy atom. The number of fused-ring (bicyclic) bond motifs is 11. The van der Waals surface area contributed by atoms with Gasteiger partial charge in [0.15, 0.2) is 0 Å². The molecular weight excluding hydrogens is 579 g/mol. The fourth-order valence-electron chi connectivity index (χ4n) is 7.67. The smallest absolute Gasteiger partial charge is 0.0758 e. The Balaban J connectivity index is 1.20. The van der Waals surface area contributed by atoms with E-state index in [0.29, 0.717) is 0 Å². The summed E-state index contributed by atoms with van der Waals surface area (Å²) in [5, 5.41) is 15.6. The normalized spacial score (nSPS) is 16.2. The molecule has 9 aromatic rings. The molecule has 0 saturated carbocycles. The van der Waals surface area contributed by atoms with Crippen LogP contribution in [0.1, 0.15) is 23.2 Å². The SMILES string of the molecule is c1ccc(C2Nc3ccccc3NC2c2ccc(-n3c4ccccc4c4c5ccccc5c5c6ccccc6sc5c43)cc2)cc1. The molecule has 0 aliphatic carbocycles. The molecule has 1 aliphatic heterocycles. The van der Waals surface area contributed by atoms with E-state index in [-0.39, 0.29) is 12.1 Å². The second-order valence-electron chi connectivity index (χ2n) is 12.2. The van der Waals surface area contributed by atoms with Crippen LogP contribution in [0.3, 0.4) is 0 Å². The van der Waals surface area contributed by atoms with E-state index in [2.05, 4.69) is 167 Å². The van der Waals surface area contributed by atoms with E-state index in [0.717, 1.165) is 11.4 Å². The Kier molecular flexibility index (Phi) is 5.57. The zero-order valence-corrected chi connectivity index (χ0v) is 25.8. The highest BCUT2D eigenvalue weighted by molar-refractivity contribution is 7.27. The minimum atomic E-state index is 0.0720. The van der Waals surface area contributed by atoms with Gasteiger partial charge in [-0.15, -0.1) is 11.3 Å². The molecule has 0 fully saturated rings. The van der Waals surface area contributed by atoms with Crippen LogP contribution in [0.25, 0.3) is 58.4 Å². The Labute approximate surface area is 270 Å². The molecule has 0 saturated heterocycles. The minimum Gasteiger partial charge on any atom is -0.374 e. The van der Waals surface area contributed by atoms with Gasteiger partial charge < -0.3 is 15.2 Å². The van der Waals surface area contributed by atoms with Crippen molar-refractivity contribution in [2.75, 3.05) is 10.6 Å². The monoisotopic (exact) mass is 607 g/mol. The van der Waals surface area contributed by atoms with Crippen LogP contribution in [0.5, 0.6) is 0 Å². The first-order chi connectivity index (χ1) is 22.8. The summed E-state index contributed by atoms with van der Waals surface area (Å²) >= 11 is 1.91. The van der Waals surface area contributed by atoms with Crippen molar-refractivity contribution in [2.24, 2.45) is 0 Å². The minimum absolute atomic E-state index is 0.0720. The fraction of sp³-hybridized carbons (Fsp3) is 0.0476. The summed E-state index contributed by atoms with van der Waals surface area (Å²) in [5.41, 5.74) is 8.47. The van der Waals surface area contributed by atoms with Crippen molar-refractivity contribution in [2.45, 2.75) is 12.1 Å². The Bertz CT molecular complexity index is 2600. The van der Waals surface area contributed by atoms with Crippen molar-refractivity contribution in [1.29, 1.82) is 0 Å². The van der Waals surface area contributed by atoms with Crippen molar-refractivity contribution in [3.8, 4) is 5.69 Å². The second kappa shape index (κ2) is 9.96. The maximum Gasteiger partial charge on any atom is 0.0758 e. The number of nitrogens with one attached hydrogen (secondary N) is 2. The summed E-state index contributed by atoms with van der Waals surface area (Å²) in [6.07, 6.45) is 0. The average Bonchev–Trinajstić information content (AvgIpc) is 3.69. The highest BCUT2D eigenvalue weighted by atomic mass is 32.1. The van der Waals surface area contributed by atoms with Gasteiger partial charge >= 0.3 is 0 Å². The molecule has 0 radical (unpaired) electrons. The first-order valence-electron chi connectivity index (χ1n) is 15.9. The largest absolute Gasteiger partial charge is 0.374 e. The highest BCUT2D eigenvalue weighted by Gasteiger charge is 2.30. The molecule has 2 N–H and O–H groups in total. The van der Waals surface area contributed by atoms with E-state index >= 15 is 0 Å². The zero-order valence-electron chi connectivity index (χ0n) is 24.9. The van der Waals surface area contributed by atoms with Gasteiger partial charge in [-0.05, 0) is 58.3 Å². The van der Waals surface area contributed by atoms with Gasteiger partial charge in [-0.3, -0.25) is 0 Å². The van der Waals surface area contributed by atoms with E-state index in [1.54, 1.807) is 0 Å². The van der Waals surface area contributed by atoms with Crippen LogP contribution < -0.4 is 10.6 Å². The number of hydrogen-bond donors (Lipinski definition) is 2. The van der Waals surface area contributed by atoms with Crippen LogP contribution in [0.4, 0.5) is 11.4 Å². The lowest BCUT2D eigenvalue weighted by Crippen LogP contribution is -2.30. The van der Waals surface area contributed by atoms with Gasteiger partial charge in [0.2, 0.25) is 0 Å². The third-order valence-electron chi connectivity index (χ3n) is 9.70. The number of thiophene rings is 1. The van der Waals surface area contributed by atoms with Crippen LogP contribution in [0.15, 0.2) is 152 Å². The maximum absolute atomic E-state index is 3.87. The molecule has 4 heteroatoms. The second-order valence-corrected chi connectivity index (χ2v) is 13.3. The van der Waals surface area contributed by atoms with E-state index < -0.39 is 0 Å². The topological polar surface area (TPSA) is 29.0 Å². The standard InChI is InChI=1S/C42H29N3S/c1-2-12-26(13-3-1)39-40(44-34-19-9-8-18-33(34)43-39)27-22-24-28(25-23-27)45-35-20-10-6-16-31(35)37-29-14-4-5-15-30(29)38-32-17-7-11-21-36(32)46-42(38)41(37)45/h1-25,39-40,43-44H. The molecule has 3 heterocycles. The van der Waals surface area contributed by atoms with Crippen molar-refractivity contribution in [3.05, 3.63) is 163 Å². The van der Waals surface area contributed by atoms with Gasteiger partial charge in [0.25, 0.3) is 0 Å². The lowest BCUT2D eigenvalue weighted by atomic mass is 9.90. The maximum atomic E-state index is 3.87. The Morgan fingerprint density at radius 1 is 0.457 bits per heavy atom. The molecule has 0 spiro atoms. The molecule has 2 atom stereocenters. The van der Waals surface area contributed by atoms with Crippen LogP contribution in [0.2, 0.25) is 0 Å². The number of hydrogen-bond acceptors (Lipinski definition) is 3. The van der Waals surface area contributed by atoms with Crippen molar-refractivity contribution in [1.82, 2.24) is 4.57 Å². The third-order valence-corrected chi connectivity index (χ3v) is 10.9. The van der Waals surface area contributed by atoms with Crippen molar-refractivity contribution < 1.29 is 0 Å². The lowest BCUT2D eigenvalue weighted by Gasteiger charge is -2.37. The van der Waals surface area contributed by atoms with Gasteiger partial charge in [-0.2, -0.15) is 0 Å². The number of nitrogens with zero attached hydrogens (tertiary/aromatic N) is 1. The number of anilines is 2. The van der Waals surface area contributed by atoms with Crippen molar-refractivity contribution in [3.63, 3.8) is 0 Å². The first kappa shape index (κ1) is 25.7. The summed E-state index contributed by atoms with van der Waals surface area (Å²) in [6.45, 7) is 0. The van der Waals surface area contributed by atoms with Gasteiger partial charge in [0.05, 0.1) is 39.2 Å². The molecule has 10 rings (SSSR count). The van der Waals surface area contributed by atoms with Gasteiger partial charge in [0, 0.05) is 31.9 Å². The summed E-state index contributed by atoms with van der Waals surface area (Å²) in [6, 6.07) is 55.3. The number of aromatic nitrogens is 1. The fourth-order valence-corrected chi connectivity index (χ4v) is 8.93. The Morgan fingerprint density at radius 2 is 1.00 bits per heavy atom. The van der Waals surface area contributed by atoms with E-state index in [4.69, 9.17) is 0 Å². The average molecular weight is 608 g/mol. The summed E-state index contributed by atoms with van der Waals surface area (Å²) in [4.78, 5) is 0. The highest BCUT2D eigenvalue weighted by Crippen LogP contribution is 2.48. The van der Waals surface area contributed by atoms with Crippen LogP contribution in [0, 0.1) is 0 Å². The summed E-state index contributed by atoms with van der Waals surface area (Å²) in [7, 11) is 0. The zero-order chi connectivity index (χ0) is 30.2. The molecule has 7 aromatic carbocycles. The molecule has 0 bridgehead atoms. The molecule has 3 nitrogen and oxygen atoms in total. The predicted octanol–water partition coefficient (Wildman–Crippen LogP) is 11.6. The van der Waals surface area contributed by atoms with Gasteiger partial charge in [-0.25, -0.2) is 0 Å². The molecular formula is C42H29N3S. The van der Waals surface area contributed by atoms with Gasteiger partial charge in [0.1, 0.15) is 0 Å². The lowest BCUT2D eigenvalue weighted by molar-refractivity contribution is 0.636. The summed E-state index contributed by atoms with van der Waals surface area (Å²) in [5.74, 6) is 0. The molecule has 2 aromatic heterocycles. The first-order valence-corrected chi connectivity index (χ1v) is 16.7. The van der Waals surface area contributed by atoms with Crippen LogP contribution in [-0.4, -0.2) is 4.57 Å². The van der Waals surface area contributed by atoms with E-state index in [9.17, 15) is 0 Å². The van der Waals surface area contributed by atoms with E-state index in [1.165, 1.54) is 69.6 Å². The molecule has 0 amide bonds. The summed E-state index contributed by atoms with van der Waals surface area (Å²) < 4.78 is 5.16. The molecule has 218 valence electrons. The van der Waals surface area contributed by atoms with E-state index in [1.807, 2.05) is 11.3 Å². The quantitative estimate of drug-likeness (QED) is 0.209.